The number of halogens is 2. The Balaban J connectivity index is 2.00. The van der Waals surface area contributed by atoms with Crippen molar-refractivity contribution in [3.8, 4) is 0 Å². The van der Waals surface area contributed by atoms with E-state index < -0.39 is 0 Å². The maximum Gasteiger partial charge on any atom is 0.0439 e. The first-order valence-corrected chi connectivity index (χ1v) is 8.29. The highest BCUT2D eigenvalue weighted by molar-refractivity contribution is 6.33. The minimum absolute atomic E-state index is 0.281. The number of hydrogen-bond donors (Lipinski definition) is 2. The van der Waals surface area contributed by atoms with Crippen molar-refractivity contribution in [3.05, 3.63) is 33.8 Å². The second-order valence-corrected chi connectivity index (χ2v) is 6.75. The second-order valence-electron chi connectivity index (χ2n) is 5.90. The molecule has 0 bridgehead atoms. The fourth-order valence-corrected chi connectivity index (χ4v) is 3.69. The molecule has 1 aromatic rings. The summed E-state index contributed by atoms with van der Waals surface area (Å²) in [5.74, 6) is 7.32. The van der Waals surface area contributed by atoms with Crippen LogP contribution in [0.2, 0.25) is 10.0 Å². The minimum Gasteiger partial charge on any atom is -0.271 e. The molecule has 0 amide bonds. The molecule has 4 heteroatoms. The smallest absolute Gasteiger partial charge is 0.0439 e. The van der Waals surface area contributed by atoms with Crippen molar-refractivity contribution in [2.45, 2.75) is 51.5 Å². The molecule has 112 valence electrons. The number of nitrogens with one attached hydrogen (secondary N) is 1. The summed E-state index contributed by atoms with van der Waals surface area (Å²) in [7, 11) is 0. The summed E-state index contributed by atoms with van der Waals surface area (Å²) in [6, 6.07) is 5.92. The van der Waals surface area contributed by atoms with Crippen LogP contribution in [0.1, 0.15) is 44.6 Å². The predicted molar refractivity (Wildman–Crippen MR) is 87.0 cm³/mol. The van der Waals surface area contributed by atoms with Crippen molar-refractivity contribution in [1.82, 2.24) is 5.43 Å². The highest BCUT2D eigenvalue weighted by Gasteiger charge is 2.26. The average Bonchev–Trinajstić information content (AvgIpc) is 2.48. The highest BCUT2D eigenvalue weighted by atomic mass is 35.5. The quantitative estimate of drug-likeness (QED) is 0.616. The van der Waals surface area contributed by atoms with Crippen molar-refractivity contribution in [3.63, 3.8) is 0 Å². The molecule has 1 aliphatic rings. The molecule has 0 aliphatic heterocycles. The van der Waals surface area contributed by atoms with E-state index in [1.165, 1.54) is 32.1 Å². The van der Waals surface area contributed by atoms with E-state index in [-0.39, 0.29) is 6.04 Å². The molecule has 2 nitrogen and oxygen atoms in total. The van der Waals surface area contributed by atoms with E-state index in [0.717, 1.165) is 27.9 Å². The first-order valence-electron chi connectivity index (χ1n) is 7.54. The van der Waals surface area contributed by atoms with E-state index >= 15 is 0 Å². The summed E-state index contributed by atoms with van der Waals surface area (Å²) in [5, 5.41) is 1.51. The molecule has 0 heterocycles. The van der Waals surface area contributed by atoms with Crippen molar-refractivity contribution in [2.75, 3.05) is 0 Å². The molecule has 0 saturated heterocycles. The zero-order valence-electron chi connectivity index (χ0n) is 12.0. The molecule has 1 atom stereocenters. The van der Waals surface area contributed by atoms with Crippen molar-refractivity contribution in [1.29, 1.82) is 0 Å². The van der Waals surface area contributed by atoms with E-state index in [9.17, 15) is 0 Å². The number of hydrazine groups is 1. The van der Waals surface area contributed by atoms with Gasteiger partial charge in [0.2, 0.25) is 0 Å². The monoisotopic (exact) mass is 314 g/mol. The maximum atomic E-state index is 6.25. The molecule has 3 N–H and O–H groups in total. The van der Waals surface area contributed by atoms with Gasteiger partial charge in [0.15, 0.2) is 0 Å². The Hall–Kier alpha value is -0.280. The fraction of sp³-hybridized carbons (Fsp3) is 0.625. The molecule has 1 aromatic carbocycles. The van der Waals surface area contributed by atoms with Gasteiger partial charge in [0.25, 0.3) is 0 Å². The van der Waals surface area contributed by atoms with Crippen LogP contribution < -0.4 is 11.3 Å². The average molecular weight is 315 g/mol. The Labute approximate surface area is 132 Å². The van der Waals surface area contributed by atoms with E-state index in [1.807, 2.05) is 18.2 Å². The van der Waals surface area contributed by atoms with Crippen molar-refractivity contribution >= 4 is 23.2 Å². The highest BCUT2D eigenvalue weighted by Crippen LogP contribution is 2.34. The van der Waals surface area contributed by atoms with Gasteiger partial charge in [0, 0.05) is 16.1 Å². The molecule has 1 unspecified atom stereocenters. The third-order valence-electron chi connectivity index (χ3n) is 4.70. The van der Waals surface area contributed by atoms with Gasteiger partial charge in [0.1, 0.15) is 0 Å². The van der Waals surface area contributed by atoms with Crippen LogP contribution in [0.3, 0.4) is 0 Å². The minimum atomic E-state index is 0.281. The lowest BCUT2D eigenvalue weighted by molar-refractivity contribution is 0.217. The van der Waals surface area contributed by atoms with Crippen LogP contribution in [0.5, 0.6) is 0 Å². The van der Waals surface area contributed by atoms with Gasteiger partial charge in [0.05, 0.1) is 0 Å². The molecular weight excluding hydrogens is 291 g/mol. The number of nitrogens with two attached hydrogens (primary N) is 1. The van der Waals surface area contributed by atoms with Crippen LogP contribution in [-0.2, 0) is 6.42 Å². The number of benzene rings is 1. The largest absolute Gasteiger partial charge is 0.271 e. The Bertz CT molecular complexity index is 428. The third kappa shape index (κ3) is 4.11. The van der Waals surface area contributed by atoms with Gasteiger partial charge in [-0.05, 0) is 54.9 Å². The van der Waals surface area contributed by atoms with Gasteiger partial charge in [-0.15, -0.1) is 0 Å². The SMILES string of the molecule is CCC1CCC(C(Cc2cc(Cl)ccc2Cl)NN)CC1. The molecule has 1 aliphatic carbocycles. The first-order chi connectivity index (χ1) is 9.63. The van der Waals surface area contributed by atoms with E-state index in [4.69, 9.17) is 29.0 Å². The van der Waals surface area contributed by atoms with Crippen LogP contribution in [0, 0.1) is 11.8 Å². The van der Waals surface area contributed by atoms with Gasteiger partial charge >= 0.3 is 0 Å². The van der Waals surface area contributed by atoms with Crippen LogP contribution >= 0.6 is 23.2 Å². The van der Waals surface area contributed by atoms with Gasteiger partial charge in [-0.1, -0.05) is 49.4 Å². The van der Waals surface area contributed by atoms with Crippen LogP contribution in [0.25, 0.3) is 0 Å². The third-order valence-corrected chi connectivity index (χ3v) is 5.30. The first kappa shape index (κ1) is 16.1. The van der Waals surface area contributed by atoms with Gasteiger partial charge < -0.3 is 0 Å². The van der Waals surface area contributed by atoms with Gasteiger partial charge in [-0.3, -0.25) is 11.3 Å². The van der Waals surface area contributed by atoms with Crippen molar-refractivity contribution < 1.29 is 0 Å². The molecule has 1 saturated carbocycles. The van der Waals surface area contributed by atoms with Crippen LogP contribution in [0.15, 0.2) is 18.2 Å². The molecular formula is C16H24Cl2N2. The Morgan fingerprint density at radius 1 is 1.25 bits per heavy atom. The predicted octanol–water partition coefficient (Wildman–Crippen LogP) is 4.58. The topological polar surface area (TPSA) is 38.0 Å². The normalized spacial score (nSPS) is 24.6. The summed E-state index contributed by atoms with van der Waals surface area (Å²) < 4.78 is 0. The molecule has 0 aromatic heterocycles. The zero-order chi connectivity index (χ0) is 14.5. The zero-order valence-corrected chi connectivity index (χ0v) is 13.6. The summed E-state index contributed by atoms with van der Waals surface area (Å²) in [4.78, 5) is 0. The van der Waals surface area contributed by atoms with Gasteiger partial charge in [-0.2, -0.15) is 0 Å². The number of hydrogen-bond acceptors (Lipinski definition) is 2. The van der Waals surface area contributed by atoms with E-state index in [0.29, 0.717) is 5.92 Å². The molecule has 2 rings (SSSR count). The van der Waals surface area contributed by atoms with E-state index in [1.54, 1.807) is 0 Å². The van der Waals surface area contributed by atoms with Crippen LogP contribution in [0.4, 0.5) is 0 Å². The summed E-state index contributed by atoms with van der Waals surface area (Å²) >= 11 is 12.3. The lowest BCUT2D eigenvalue weighted by Crippen LogP contribution is -2.43. The van der Waals surface area contributed by atoms with Crippen molar-refractivity contribution in [2.24, 2.45) is 17.7 Å². The Morgan fingerprint density at radius 2 is 1.95 bits per heavy atom. The fourth-order valence-electron chi connectivity index (χ4n) is 3.30. The lowest BCUT2D eigenvalue weighted by Gasteiger charge is -2.33. The number of rotatable bonds is 5. The lowest BCUT2D eigenvalue weighted by atomic mass is 9.76. The molecule has 0 spiro atoms. The molecule has 1 fully saturated rings. The summed E-state index contributed by atoms with van der Waals surface area (Å²) in [5.41, 5.74) is 4.08. The summed E-state index contributed by atoms with van der Waals surface area (Å²) in [6.45, 7) is 2.29. The molecule has 0 radical (unpaired) electrons. The summed E-state index contributed by atoms with van der Waals surface area (Å²) in [6.07, 6.45) is 7.30. The van der Waals surface area contributed by atoms with Crippen LogP contribution in [-0.4, -0.2) is 6.04 Å². The standard InChI is InChI=1S/C16H24Cl2N2/c1-2-11-3-5-12(6-4-11)16(20-19)10-13-9-14(17)7-8-15(13)18/h7-9,11-12,16,20H,2-6,10,19H2,1H3. The Kier molecular flexibility index (Phi) is 6.16. The Morgan fingerprint density at radius 3 is 2.55 bits per heavy atom. The molecule has 20 heavy (non-hydrogen) atoms. The van der Waals surface area contributed by atoms with E-state index in [2.05, 4.69) is 12.3 Å². The maximum absolute atomic E-state index is 6.25. The van der Waals surface area contributed by atoms with Gasteiger partial charge in [-0.25, -0.2) is 0 Å². The second kappa shape index (κ2) is 7.65.